The Kier molecular flexibility index (Phi) is 7.22. The number of nitrogens with one attached hydrogen (secondary N) is 1. The molecule has 1 aromatic carbocycles. The van der Waals surface area contributed by atoms with Crippen molar-refractivity contribution >= 4 is 15.9 Å². The smallest absolute Gasteiger partial charge is 0.243 e. The van der Waals surface area contributed by atoms with Crippen molar-refractivity contribution in [3.8, 4) is 5.75 Å². The number of ether oxygens (including phenoxy) is 2. The number of carbonyl (C=O) groups excluding carboxylic acids is 1. The molecular formula is C17H26N2O5S. The lowest BCUT2D eigenvalue weighted by Gasteiger charge is -2.31. The third-order valence-electron chi connectivity index (χ3n) is 4.28. The third kappa shape index (κ3) is 5.17. The van der Waals surface area contributed by atoms with Crippen LogP contribution in [0.4, 0.5) is 0 Å². The fourth-order valence-corrected chi connectivity index (χ4v) is 4.37. The van der Waals surface area contributed by atoms with E-state index in [-0.39, 0.29) is 23.3 Å². The van der Waals surface area contributed by atoms with E-state index in [1.54, 1.807) is 19.2 Å². The number of carbonyl (C=O) groups is 1. The van der Waals surface area contributed by atoms with Gasteiger partial charge in [0.25, 0.3) is 0 Å². The summed E-state index contributed by atoms with van der Waals surface area (Å²) in [6.07, 6.45) is 2.11. The van der Waals surface area contributed by atoms with Crippen molar-refractivity contribution in [3.05, 3.63) is 24.3 Å². The van der Waals surface area contributed by atoms with E-state index in [0.717, 1.165) is 6.42 Å². The van der Waals surface area contributed by atoms with Gasteiger partial charge in [0, 0.05) is 33.4 Å². The van der Waals surface area contributed by atoms with Crippen LogP contribution in [0, 0.1) is 5.92 Å². The molecule has 0 unspecified atom stereocenters. The normalized spacial score (nSPS) is 18.7. The number of rotatable bonds is 8. The molecule has 140 valence electrons. The number of amides is 1. The van der Waals surface area contributed by atoms with E-state index in [0.29, 0.717) is 38.3 Å². The van der Waals surface area contributed by atoms with Gasteiger partial charge in [0.15, 0.2) is 0 Å². The first-order valence-electron chi connectivity index (χ1n) is 8.40. The van der Waals surface area contributed by atoms with Crippen LogP contribution in [0.5, 0.6) is 5.75 Å². The maximum absolute atomic E-state index is 12.8. The van der Waals surface area contributed by atoms with Crippen molar-refractivity contribution < 1.29 is 22.7 Å². The van der Waals surface area contributed by atoms with Crippen LogP contribution in [0.2, 0.25) is 0 Å². The molecule has 1 saturated heterocycles. The first kappa shape index (κ1) is 19.7. The number of piperidine rings is 1. The maximum Gasteiger partial charge on any atom is 0.243 e. The summed E-state index contributed by atoms with van der Waals surface area (Å²) in [5.74, 6) is 0.195. The molecule has 1 aliphatic heterocycles. The van der Waals surface area contributed by atoms with Gasteiger partial charge in [-0.3, -0.25) is 4.79 Å². The summed E-state index contributed by atoms with van der Waals surface area (Å²) in [5.41, 5.74) is 0. The zero-order valence-electron chi connectivity index (χ0n) is 14.7. The second-order valence-corrected chi connectivity index (χ2v) is 7.95. The lowest BCUT2D eigenvalue weighted by Crippen LogP contribution is -2.45. The Labute approximate surface area is 149 Å². The molecule has 2 rings (SSSR count). The fraction of sp³-hybridized carbons (Fsp3) is 0.588. The molecule has 0 aliphatic carbocycles. The molecule has 1 aliphatic rings. The van der Waals surface area contributed by atoms with E-state index < -0.39 is 10.0 Å². The zero-order valence-corrected chi connectivity index (χ0v) is 15.5. The van der Waals surface area contributed by atoms with Crippen LogP contribution >= 0.6 is 0 Å². The Morgan fingerprint density at radius 1 is 1.28 bits per heavy atom. The summed E-state index contributed by atoms with van der Waals surface area (Å²) in [7, 11) is -0.457. The second-order valence-electron chi connectivity index (χ2n) is 6.02. The average molecular weight is 370 g/mol. The van der Waals surface area contributed by atoms with Gasteiger partial charge in [-0.25, -0.2) is 8.42 Å². The quantitative estimate of drug-likeness (QED) is 0.696. The molecule has 1 fully saturated rings. The summed E-state index contributed by atoms with van der Waals surface area (Å²) in [6, 6.07) is 6.30. The van der Waals surface area contributed by atoms with E-state index in [4.69, 9.17) is 9.47 Å². The predicted octanol–water partition coefficient (Wildman–Crippen LogP) is 1.25. The largest absolute Gasteiger partial charge is 0.497 e. The summed E-state index contributed by atoms with van der Waals surface area (Å²) < 4.78 is 37.0. The van der Waals surface area contributed by atoms with Gasteiger partial charge in [0.2, 0.25) is 15.9 Å². The molecule has 0 spiro atoms. The van der Waals surface area contributed by atoms with Crippen LogP contribution in [-0.2, 0) is 19.6 Å². The van der Waals surface area contributed by atoms with E-state index in [9.17, 15) is 13.2 Å². The molecule has 1 atom stereocenters. The predicted molar refractivity (Wildman–Crippen MR) is 94.0 cm³/mol. The molecule has 1 amide bonds. The maximum atomic E-state index is 12.8. The minimum Gasteiger partial charge on any atom is -0.497 e. The number of sulfonamides is 1. The van der Waals surface area contributed by atoms with Gasteiger partial charge < -0.3 is 14.8 Å². The van der Waals surface area contributed by atoms with Gasteiger partial charge in [0.05, 0.1) is 17.9 Å². The number of methoxy groups -OCH3 is 2. The third-order valence-corrected chi connectivity index (χ3v) is 6.16. The summed E-state index contributed by atoms with van der Waals surface area (Å²) in [4.78, 5) is 12.5. The highest BCUT2D eigenvalue weighted by atomic mass is 32.2. The molecular weight excluding hydrogens is 344 g/mol. The van der Waals surface area contributed by atoms with Crippen molar-refractivity contribution in [2.24, 2.45) is 5.92 Å². The number of nitrogens with zero attached hydrogens (tertiary/aromatic N) is 1. The van der Waals surface area contributed by atoms with Crippen LogP contribution in [0.1, 0.15) is 19.3 Å². The van der Waals surface area contributed by atoms with Crippen LogP contribution < -0.4 is 10.1 Å². The Bertz CT molecular complexity index is 660. The Hall–Kier alpha value is -1.64. The highest BCUT2D eigenvalue weighted by Gasteiger charge is 2.33. The van der Waals surface area contributed by atoms with Crippen molar-refractivity contribution in [1.82, 2.24) is 9.62 Å². The van der Waals surface area contributed by atoms with Gasteiger partial charge in [-0.1, -0.05) is 0 Å². The highest BCUT2D eigenvalue weighted by Crippen LogP contribution is 2.25. The average Bonchev–Trinajstić information content (AvgIpc) is 2.65. The van der Waals surface area contributed by atoms with Gasteiger partial charge in [-0.05, 0) is 43.5 Å². The molecule has 0 aromatic heterocycles. The van der Waals surface area contributed by atoms with Crippen molar-refractivity contribution in [2.45, 2.75) is 24.2 Å². The van der Waals surface area contributed by atoms with Crippen molar-refractivity contribution in [3.63, 3.8) is 0 Å². The second kappa shape index (κ2) is 9.17. The van der Waals surface area contributed by atoms with Gasteiger partial charge in [-0.2, -0.15) is 4.31 Å². The van der Waals surface area contributed by atoms with Crippen molar-refractivity contribution in [1.29, 1.82) is 0 Å². The number of hydrogen-bond acceptors (Lipinski definition) is 5. The van der Waals surface area contributed by atoms with Crippen LogP contribution in [-0.4, -0.2) is 59.1 Å². The topological polar surface area (TPSA) is 84.9 Å². The molecule has 0 bridgehead atoms. The molecule has 1 N–H and O–H groups in total. The Balaban J connectivity index is 2.00. The van der Waals surface area contributed by atoms with Crippen molar-refractivity contribution in [2.75, 3.05) is 40.5 Å². The Morgan fingerprint density at radius 3 is 2.64 bits per heavy atom. The first-order valence-corrected chi connectivity index (χ1v) is 9.84. The molecule has 1 aromatic rings. The standard InChI is InChI=1S/C17H26N2O5S/c1-23-12-4-10-18-17(20)14-5-3-11-19(13-14)25(21,22)16-8-6-15(24-2)7-9-16/h6-9,14H,3-5,10-13H2,1-2H3,(H,18,20)/t14-/m0/s1. The molecule has 7 nitrogen and oxygen atoms in total. The van der Waals surface area contributed by atoms with Gasteiger partial charge >= 0.3 is 0 Å². The molecule has 0 saturated carbocycles. The van der Waals surface area contributed by atoms with E-state index in [2.05, 4.69) is 5.32 Å². The lowest BCUT2D eigenvalue weighted by molar-refractivity contribution is -0.126. The SMILES string of the molecule is COCCCNC(=O)[C@H]1CCCN(S(=O)(=O)c2ccc(OC)cc2)C1. The van der Waals surface area contributed by atoms with E-state index in [1.807, 2.05) is 0 Å². The minimum absolute atomic E-state index is 0.0919. The Morgan fingerprint density at radius 2 is 2.00 bits per heavy atom. The zero-order chi connectivity index (χ0) is 18.3. The molecule has 0 radical (unpaired) electrons. The summed E-state index contributed by atoms with van der Waals surface area (Å²) in [5, 5.41) is 2.86. The van der Waals surface area contributed by atoms with Crippen LogP contribution in [0.3, 0.4) is 0 Å². The minimum atomic E-state index is -3.60. The lowest BCUT2D eigenvalue weighted by atomic mass is 9.99. The van der Waals surface area contributed by atoms with Crippen LogP contribution in [0.15, 0.2) is 29.2 Å². The monoisotopic (exact) mass is 370 g/mol. The molecule has 1 heterocycles. The van der Waals surface area contributed by atoms with E-state index in [1.165, 1.54) is 23.5 Å². The summed E-state index contributed by atoms with van der Waals surface area (Å²) >= 11 is 0. The molecule has 25 heavy (non-hydrogen) atoms. The summed E-state index contributed by atoms with van der Waals surface area (Å²) in [6.45, 7) is 1.77. The number of benzene rings is 1. The molecule has 8 heteroatoms. The van der Waals surface area contributed by atoms with Gasteiger partial charge in [-0.15, -0.1) is 0 Å². The fourth-order valence-electron chi connectivity index (χ4n) is 2.84. The first-order chi connectivity index (χ1) is 12.0. The van der Waals surface area contributed by atoms with Gasteiger partial charge in [0.1, 0.15) is 5.75 Å². The van der Waals surface area contributed by atoms with Crippen LogP contribution in [0.25, 0.3) is 0 Å². The van der Waals surface area contributed by atoms with E-state index >= 15 is 0 Å². The number of hydrogen-bond donors (Lipinski definition) is 1. The highest BCUT2D eigenvalue weighted by molar-refractivity contribution is 7.89.